The second-order valence-electron chi connectivity index (χ2n) is 7.43. The van der Waals surface area contributed by atoms with Crippen LogP contribution in [0.4, 0.5) is 0 Å². The van der Waals surface area contributed by atoms with Crippen molar-refractivity contribution in [2.45, 2.75) is 18.6 Å². The number of benzene rings is 2. The van der Waals surface area contributed by atoms with E-state index in [2.05, 4.69) is 40.0 Å². The summed E-state index contributed by atoms with van der Waals surface area (Å²) in [6.45, 7) is 3.08. The normalized spacial score (nSPS) is 22.5. The van der Waals surface area contributed by atoms with Crippen molar-refractivity contribution in [1.82, 2.24) is 20.7 Å². The third-order valence-electron chi connectivity index (χ3n) is 5.73. The molecule has 4 rings (SSSR count). The minimum Gasteiger partial charge on any atom is -0.497 e. The van der Waals surface area contributed by atoms with E-state index < -0.39 is 0 Å². The number of hydrazine groups is 1. The van der Waals surface area contributed by atoms with Gasteiger partial charge >= 0.3 is 0 Å². The van der Waals surface area contributed by atoms with Crippen LogP contribution in [0.2, 0.25) is 0 Å². The first-order valence-electron chi connectivity index (χ1n) is 10.0. The van der Waals surface area contributed by atoms with Gasteiger partial charge in [0.05, 0.1) is 20.4 Å². The monoisotopic (exact) mass is 396 g/mol. The first-order valence-corrected chi connectivity index (χ1v) is 10.0. The van der Waals surface area contributed by atoms with E-state index >= 15 is 0 Å². The van der Waals surface area contributed by atoms with Crippen molar-refractivity contribution < 1.29 is 14.3 Å². The van der Waals surface area contributed by atoms with Crippen LogP contribution in [-0.2, 0) is 0 Å². The van der Waals surface area contributed by atoms with Crippen molar-refractivity contribution in [2.75, 3.05) is 40.4 Å². The lowest BCUT2D eigenvalue weighted by Gasteiger charge is -2.37. The molecule has 2 aliphatic heterocycles. The van der Waals surface area contributed by atoms with Gasteiger partial charge in [-0.1, -0.05) is 30.3 Å². The van der Waals surface area contributed by atoms with Crippen molar-refractivity contribution in [3.8, 4) is 11.5 Å². The van der Waals surface area contributed by atoms with Crippen LogP contribution in [0.25, 0.3) is 0 Å². The van der Waals surface area contributed by atoms with E-state index in [1.54, 1.807) is 32.4 Å². The second kappa shape index (κ2) is 8.82. The standard InChI is InChI=1S/C22H28N4O3/c1-28-18-12-17(13-19(14-18)29-2)22(27)26-10-8-25(9-11-26)21-15-20(23-24-21)16-6-4-3-5-7-16/h3-7,12-14,20-21,23-24H,8-11,15H2,1-2H3. The van der Waals surface area contributed by atoms with Gasteiger partial charge in [0.1, 0.15) is 11.5 Å². The van der Waals surface area contributed by atoms with Gasteiger partial charge in [0, 0.05) is 43.9 Å². The highest BCUT2D eigenvalue weighted by Crippen LogP contribution is 2.26. The number of nitrogens with zero attached hydrogens (tertiary/aromatic N) is 2. The molecule has 0 aliphatic carbocycles. The molecule has 7 nitrogen and oxygen atoms in total. The number of amides is 1. The summed E-state index contributed by atoms with van der Waals surface area (Å²) in [4.78, 5) is 17.3. The minimum absolute atomic E-state index is 0.0153. The van der Waals surface area contributed by atoms with E-state index in [1.165, 1.54) is 5.56 Å². The van der Waals surface area contributed by atoms with E-state index in [0.29, 0.717) is 36.2 Å². The molecule has 2 fully saturated rings. The van der Waals surface area contributed by atoms with Gasteiger partial charge in [-0.15, -0.1) is 0 Å². The number of hydrogen-bond donors (Lipinski definition) is 2. The number of carbonyl (C=O) groups excluding carboxylic acids is 1. The number of nitrogens with one attached hydrogen (secondary N) is 2. The molecule has 2 N–H and O–H groups in total. The Kier molecular flexibility index (Phi) is 5.99. The van der Waals surface area contributed by atoms with Crippen LogP contribution in [0.5, 0.6) is 11.5 Å². The van der Waals surface area contributed by atoms with Gasteiger partial charge in [-0.05, 0) is 24.1 Å². The Bertz CT molecular complexity index is 815. The number of methoxy groups -OCH3 is 2. The molecule has 0 saturated carbocycles. The molecule has 2 aromatic carbocycles. The van der Waals surface area contributed by atoms with Gasteiger partial charge in [0.15, 0.2) is 0 Å². The second-order valence-corrected chi connectivity index (χ2v) is 7.43. The Morgan fingerprint density at radius 1 is 0.931 bits per heavy atom. The summed E-state index contributed by atoms with van der Waals surface area (Å²) in [5.41, 5.74) is 8.72. The van der Waals surface area contributed by atoms with Crippen molar-refractivity contribution in [3.05, 3.63) is 59.7 Å². The molecule has 0 spiro atoms. The fourth-order valence-corrected chi connectivity index (χ4v) is 4.03. The SMILES string of the molecule is COc1cc(OC)cc(C(=O)N2CCN(C3CC(c4ccccc4)NN3)CC2)c1. The third-order valence-corrected chi connectivity index (χ3v) is 5.73. The zero-order valence-corrected chi connectivity index (χ0v) is 16.9. The highest BCUT2D eigenvalue weighted by atomic mass is 16.5. The van der Waals surface area contributed by atoms with Gasteiger partial charge in [-0.3, -0.25) is 9.69 Å². The molecule has 29 heavy (non-hydrogen) atoms. The summed E-state index contributed by atoms with van der Waals surface area (Å²) >= 11 is 0. The zero-order valence-electron chi connectivity index (χ0n) is 16.9. The van der Waals surface area contributed by atoms with E-state index in [9.17, 15) is 4.79 Å². The Morgan fingerprint density at radius 2 is 1.59 bits per heavy atom. The number of rotatable bonds is 5. The van der Waals surface area contributed by atoms with Crippen molar-refractivity contribution >= 4 is 5.91 Å². The Morgan fingerprint density at radius 3 is 2.21 bits per heavy atom. The minimum atomic E-state index is 0.0153. The highest BCUT2D eigenvalue weighted by Gasteiger charge is 2.32. The quantitative estimate of drug-likeness (QED) is 0.806. The number of carbonyl (C=O) groups is 1. The maximum absolute atomic E-state index is 13.0. The number of piperazine rings is 1. The summed E-state index contributed by atoms with van der Waals surface area (Å²) in [5, 5.41) is 0. The highest BCUT2D eigenvalue weighted by molar-refractivity contribution is 5.95. The molecule has 154 valence electrons. The molecular weight excluding hydrogens is 368 g/mol. The third kappa shape index (κ3) is 4.37. The molecular formula is C22H28N4O3. The predicted octanol–water partition coefficient (Wildman–Crippen LogP) is 2.03. The van der Waals surface area contributed by atoms with E-state index in [-0.39, 0.29) is 12.1 Å². The van der Waals surface area contributed by atoms with Gasteiger partial charge in [0.25, 0.3) is 5.91 Å². The van der Waals surface area contributed by atoms with Crippen LogP contribution in [0.3, 0.4) is 0 Å². The van der Waals surface area contributed by atoms with Crippen LogP contribution in [0.1, 0.15) is 28.4 Å². The molecule has 2 heterocycles. The number of ether oxygens (including phenoxy) is 2. The molecule has 1 amide bonds. The van der Waals surface area contributed by atoms with Crippen LogP contribution < -0.4 is 20.3 Å². The van der Waals surface area contributed by atoms with E-state index in [0.717, 1.165) is 19.5 Å². The van der Waals surface area contributed by atoms with Crippen LogP contribution in [0, 0.1) is 0 Å². The fourth-order valence-electron chi connectivity index (χ4n) is 4.03. The van der Waals surface area contributed by atoms with Crippen molar-refractivity contribution in [2.24, 2.45) is 0 Å². The molecule has 2 aliphatic rings. The molecule has 7 heteroatoms. The van der Waals surface area contributed by atoms with Crippen molar-refractivity contribution in [1.29, 1.82) is 0 Å². The van der Waals surface area contributed by atoms with Gasteiger partial charge < -0.3 is 14.4 Å². The predicted molar refractivity (Wildman–Crippen MR) is 111 cm³/mol. The summed E-state index contributed by atoms with van der Waals surface area (Å²) < 4.78 is 10.6. The lowest BCUT2D eigenvalue weighted by Crippen LogP contribution is -2.55. The molecule has 0 bridgehead atoms. The number of hydrogen-bond acceptors (Lipinski definition) is 6. The van der Waals surface area contributed by atoms with Gasteiger partial charge in [0.2, 0.25) is 0 Å². The Labute approximate surface area is 171 Å². The van der Waals surface area contributed by atoms with E-state index in [4.69, 9.17) is 9.47 Å². The Balaban J connectivity index is 1.34. The zero-order chi connectivity index (χ0) is 20.2. The first-order chi connectivity index (χ1) is 14.2. The molecule has 2 unspecified atom stereocenters. The maximum atomic E-state index is 13.0. The summed E-state index contributed by atoms with van der Waals surface area (Å²) in [6, 6.07) is 16.1. The van der Waals surface area contributed by atoms with Gasteiger partial charge in [-0.25, -0.2) is 10.9 Å². The maximum Gasteiger partial charge on any atom is 0.254 e. The molecule has 0 aromatic heterocycles. The smallest absolute Gasteiger partial charge is 0.254 e. The molecule has 2 aromatic rings. The van der Waals surface area contributed by atoms with E-state index in [1.807, 2.05) is 11.0 Å². The molecule has 0 radical (unpaired) electrons. The summed E-state index contributed by atoms with van der Waals surface area (Å²) in [7, 11) is 3.18. The summed E-state index contributed by atoms with van der Waals surface area (Å²) in [5.74, 6) is 1.26. The fraction of sp³-hybridized carbons (Fsp3) is 0.409. The van der Waals surface area contributed by atoms with Crippen molar-refractivity contribution in [3.63, 3.8) is 0 Å². The van der Waals surface area contributed by atoms with Gasteiger partial charge in [-0.2, -0.15) is 0 Å². The lowest BCUT2D eigenvalue weighted by atomic mass is 10.0. The average Bonchev–Trinajstić information content (AvgIpc) is 3.29. The van der Waals surface area contributed by atoms with Crippen LogP contribution >= 0.6 is 0 Å². The van der Waals surface area contributed by atoms with Crippen LogP contribution in [-0.4, -0.2) is 62.3 Å². The lowest BCUT2D eigenvalue weighted by molar-refractivity contribution is 0.0544. The largest absolute Gasteiger partial charge is 0.497 e. The Hall–Kier alpha value is -2.61. The molecule has 2 atom stereocenters. The molecule has 2 saturated heterocycles. The average molecular weight is 396 g/mol. The van der Waals surface area contributed by atoms with Crippen LogP contribution in [0.15, 0.2) is 48.5 Å². The topological polar surface area (TPSA) is 66.1 Å². The summed E-state index contributed by atoms with van der Waals surface area (Å²) in [6.07, 6.45) is 1.28. The first kappa shape index (κ1) is 19.7.